The van der Waals surface area contributed by atoms with E-state index in [0.717, 1.165) is 18.9 Å². The van der Waals surface area contributed by atoms with Gasteiger partial charge in [-0.15, -0.1) is 0 Å². The summed E-state index contributed by atoms with van der Waals surface area (Å²) in [4.78, 5) is 14.2. The lowest BCUT2D eigenvalue weighted by Crippen LogP contribution is -2.31. The van der Waals surface area contributed by atoms with Crippen molar-refractivity contribution < 1.29 is 17.6 Å². The minimum absolute atomic E-state index is 0.145. The number of amides is 1. The highest BCUT2D eigenvalue weighted by molar-refractivity contribution is 7.92. The molecule has 5 nitrogen and oxygen atoms in total. The van der Waals surface area contributed by atoms with Crippen molar-refractivity contribution in [3.05, 3.63) is 59.4 Å². The number of halogens is 1. The average Bonchev–Trinajstić information content (AvgIpc) is 2.64. The Kier molecular flexibility index (Phi) is 6.96. The van der Waals surface area contributed by atoms with Gasteiger partial charge < -0.3 is 4.90 Å². The molecule has 0 saturated heterocycles. The highest BCUT2D eigenvalue weighted by Crippen LogP contribution is 2.20. The Morgan fingerprint density at radius 3 is 2.52 bits per heavy atom. The summed E-state index contributed by atoms with van der Waals surface area (Å²) in [6.07, 6.45) is 1.89. The zero-order chi connectivity index (χ0) is 20.0. The van der Waals surface area contributed by atoms with Crippen molar-refractivity contribution in [2.45, 2.75) is 38.5 Å². The number of aryl methyl sites for hydroxylation is 1. The molecule has 0 radical (unpaired) electrons. The molecule has 1 amide bonds. The maximum atomic E-state index is 13.7. The second kappa shape index (κ2) is 8.99. The van der Waals surface area contributed by atoms with Crippen LogP contribution in [0.3, 0.4) is 0 Å². The van der Waals surface area contributed by atoms with Crippen LogP contribution in [0.15, 0.2) is 47.4 Å². The van der Waals surface area contributed by atoms with Crippen molar-refractivity contribution in [2.24, 2.45) is 0 Å². The summed E-state index contributed by atoms with van der Waals surface area (Å²) in [6.45, 7) is 6.77. The number of benzene rings is 2. The van der Waals surface area contributed by atoms with E-state index in [0.29, 0.717) is 24.2 Å². The van der Waals surface area contributed by atoms with Crippen LogP contribution in [0.5, 0.6) is 0 Å². The second-order valence-electron chi connectivity index (χ2n) is 6.34. The first-order valence-corrected chi connectivity index (χ1v) is 10.4. The van der Waals surface area contributed by atoms with Crippen molar-refractivity contribution in [3.63, 3.8) is 0 Å². The number of anilines is 1. The Balaban J connectivity index is 2.24. The molecule has 0 fully saturated rings. The van der Waals surface area contributed by atoms with Gasteiger partial charge in [0.1, 0.15) is 5.82 Å². The van der Waals surface area contributed by atoms with Crippen molar-refractivity contribution in [2.75, 3.05) is 17.8 Å². The average molecular weight is 392 g/mol. The number of rotatable bonds is 8. The summed E-state index contributed by atoms with van der Waals surface area (Å²) >= 11 is 0. The highest BCUT2D eigenvalue weighted by Gasteiger charge is 2.18. The first-order chi connectivity index (χ1) is 12.8. The van der Waals surface area contributed by atoms with Crippen molar-refractivity contribution >= 4 is 21.6 Å². The minimum atomic E-state index is -3.95. The zero-order valence-electron chi connectivity index (χ0n) is 15.8. The number of carbonyl (C=O) groups is 1. The molecule has 0 aromatic heterocycles. The van der Waals surface area contributed by atoms with Gasteiger partial charge >= 0.3 is 0 Å². The van der Waals surface area contributed by atoms with E-state index in [9.17, 15) is 17.6 Å². The molecule has 7 heteroatoms. The molecule has 1 N–H and O–H groups in total. The molecule has 0 heterocycles. The maximum absolute atomic E-state index is 13.7. The normalized spacial score (nSPS) is 11.3. The van der Waals surface area contributed by atoms with E-state index < -0.39 is 15.8 Å². The van der Waals surface area contributed by atoms with E-state index in [1.807, 2.05) is 6.92 Å². The first kappa shape index (κ1) is 20.9. The van der Waals surface area contributed by atoms with Gasteiger partial charge in [-0.05, 0) is 56.2 Å². The number of carbonyl (C=O) groups excluding carboxylic acids is 1. The molecule has 0 spiro atoms. The highest BCUT2D eigenvalue weighted by atomic mass is 32.2. The van der Waals surface area contributed by atoms with Crippen LogP contribution in [-0.4, -0.2) is 32.3 Å². The summed E-state index contributed by atoms with van der Waals surface area (Å²) in [7, 11) is -3.95. The lowest BCUT2D eigenvalue weighted by Gasteiger charge is -2.21. The molecule has 2 rings (SSSR count). The lowest BCUT2D eigenvalue weighted by atomic mass is 10.1. The Morgan fingerprint density at radius 1 is 1.15 bits per heavy atom. The molecule has 2 aromatic rings. The van der Waals surface area contributed by atoms with E-state index in [2.05, 4.69) is 11.6 Å². The SMILES string of the molecule is CCCCN(CC)C(=O)c1cccc(NS(=O)(=O)c2ccc(C)c(F)c2)c1. The fourth-order valence-electron chi connectivity index (χ4n) is 2.61. The van der Waals surface area contributed by atoms with Crippen LogP contribution < -0.4 is 4.72 Å². The fourth-order valence-corrected chi connectivity index (χ4v) is 3.67. The summed E-state index contributed by atoms with van der Waals surface area (Å²) in [5, 5.41) is 0. The predicted octanol–water partition coefficient (Wildman–Crippen LogP) is 4.20. The summed E-state index contributed by atoms with van der Waals surface area (Å²) in [6, 6.07) is 10.1. The Hall–Kier alpha value is -2.41. The van der Waals surface area contributed by atoms with E-state index in [1.165, 1.54) is 18.2 Å². The number of unbranched alkanes of at least 4 members (excludes halogenated alkanes) is 1. The van der Waals surface area contributed by atoms with Crippen LogP contribution >= 0.6 is 0 Å². The Morgan fingerprint density at radius 2 is 1.89 bits per heavy atom. The van der Waals surface area contributed by atoms with E-state index in [-0.39, 0.29) is 16.5 Å². The Bertz CT molecular complexity index is 913. The quantitative estimate of drug-likeness (QED) is 0.732. The van der Waals surface area contributed by atoms with Gasteiger partial charge in [0.15, 0.2) is 0 Å². The molecule has 146 valence electrons. The third kappa shape index (κ3) is 5.29. The van der Waals surface area contributed by atoms with Crippen LogP contribution in [-0.2, 0) is 10.0 Å². The molecule has 0 aliphatic heterocycles. The van der Waals surface area contributed by atoms with Gasteiger partial charge in [0.25, 0.3) is 15.9 Å². The van der Waals surface area contributed by atoms with Crippen molar-refractivity contribution in [1.82, 2.24) is 4.90 Å². The van der Waals surface area contributed by atoms with E-state index in [1.54, 1.807) is 30.0 Å². The molecule has 0 aliphatic rings. The van der Waals surface area contributed by atoms with Crippen LogP contribution in [0.1, 0.15) is 42.6 Å². The molecule has 0 unspecified atom stereocenters. The Labute approximate surface area is 160 Å². The molecule has 27 heavy (non-hydrogen) atoms. The van der Waals surface area contributed by atoms with Gasteiger partial charge in [0.2, 0.25) is 0 Å². The fraction of sp³-hybridized carbons (Fsp3) is 0.350. The van der Waals surface area contributed by atoms with E-state index >= 15 is 0 Å². The largest absolute Gasteiger partial charge is 0.339 e. The number of sulfonamides is 1. The van der Waals surface area contributed by atoms with Gasteiger partial charge in [-0.25, -0.2) is 12.8 Å². The summed E-state index contributed by atoms with van der Waals surface area (Å²) in [5.41, 5.74) is 1.03. The molecule has 0 aliphatic carbocycles. The monoisotopic (exact) mass is 392 g/mol. The smallest absolute Gasteiger partial charge is 0.261 e. The predicted molar refractivity (Wildman–Crippen MR) is 105 cm³/mol. The van der Waals surface area contributed by atoms with Crippen LogP contribution in [0.4, 0.5) is 10.1 Å². The lowest BCUT2D eigenvalue weighted by molar-refractivity contribution is 0.0762. The summed E-state index contributed by atoms with van der Waals surface area (Å²) in [5.74, 6) is -0.732. The van der Waals surface area contributed by atoms with Gasteiger partial charge in [0.05, 0.1) is 4.90 Å². The standard InChI is InChI=1S/C20H25FN2O3S/c1-4-6-12-23(5-2)20(24)16-8-7-9-17(13-16)22-27(25,26)18-11-10-15(3)19(21)14-18/h7-11,13-14,22H,4-6,12H2,1-3H3. The third-order valence-corrected chi connectivity index (χ3v) is 5.64. The van der Waals surface area contributed by atoms with Gasteiger partial charge in [-0.1, -0.05) is 25.5 Å². The van der Waals surface area contributed by atoms with Gasteiger partial charge in [-0.2, -0.15) is 0 Å². The third-order valence-electron chi connectivity index (χ3n) is 4.27. The number of hydrogen-bond donors (Lipinski definition) is 1. The number of nitrogens with zero attached hydrogens (tertiary/aromatic N) is 1. The van der Waals surface area contributed by atoms with Crippen LogP contribution in [0.2, 0.25) is 0 Å². The topological polar surface area (TPSA) is 66.5 Å². The van der Waals surface area contributed by atoms with Crippen LogP contribution in [0, 0.1) is 12.7 Å². The molecule has 2 aromatic carbocycles. The molecule has 0 saturated carbocycles. The first-order valence-electron chi connectivity index (χ1n) is 8.96. The van der Waals surface area contributed by atoms with Crippen LogP contribution in [0.25, 0.3) is 0 Å². The number of hydrogen-bond acceptors (Lipinski definition) is 3. The maximum Gasteiger partial charge on any atom is 0.261 e. The van der Waals surface area contributed by atoms with E-state index in [4.69, 9.17) is 0 Å². The van der Waals surface area contributed by atoms with Crippen molar-refractivity contribution in [3.8, 4) is 0 Å². The molecule has 0 bridgehead atoms. The molecular weight excluding hydrogens is 367 g/mol. The number of nitrogens with one attached hydrogen (secondary N) is 1. The minimum Gasteiger partial charge on any atom is -0.339 e. The van der Waals surface area contributed by atoms with Crippen molar-refractivity contribution in [1.29, 1.82) is 0 Å². The second-order valence-corrected chi connectivity index (χ2v) is 8.02. The van der Waals surface area contributed by atoms with Gasteiger partial charge in [0, 0.05) is 24.3 Å². The molecule has 0 atom stereocenters. The molecular formula is C20H25FN2O3S. The van der Waals surface area contributed by atoms with Gasteiger partial charge in [-0.3, -0.25) is 9.52 Å². The summed E-state index contributed by atoms with van der Waals surface area (Å²) < 4.78 is 41.1. The zero-order valence-corrected chi connectivity index (χ0v) is 16.6.